The normalized spacial score (nSPS) is 13.8. The number of aromatic nitrogens is 2. The van der Waals surface area contributed by atoms with Gasteiger partial charge in [-0.25, -0.2) is 4.68 Å². The molecule has 1 aliphatic rings. The topological polar surface area (TPSA) is 76.5 Å². The van der Waals surface area contributed by atoms with Crippen LogP contribution < -0.4 is 10.1 Å². The second kappa shape index (κ2) is 10.7. The van der Waals surface area contributed by atoms with Gasteiger partial charge in [-0.3, -0.25) is 9.59 Å². The van der Waals surface area contributed by atoms with Crippen LogP contribution in [0.1, 0.15) is 39.1 Å². The average Bonchev–Trinajstić information content (AvgIpc) is 3.39. The molecule has 0 radical (unpaired) electrons. The van der Waals surface area contributed by atoms with E-state index in [1.807, 2.05) is 84.8 Å². The first-order valence-electron chi connectivity index (χ1n) is 12.5. The molecule has 0 spiro atoms. The van der Waals surface area contributed by atoms with Crippen molar-refractivity contribution in [3.63, 3.8) is 0 Å². The molecule has 3 aromatic carbocycles. The molecule has 0 saturated carbocycles. The lowest BCUT2D eigenvalue weighted by atomic mass is 10.0. The molecule has 0 unspecified atom stereocenters. The summed E-state index contributed by atoms with van der Waals surface area (Å²) in [6, 6.07) is 24.9. The van der Waals surface area contributed by atoms with Crippen LogP contribution >= 0.6 is 0 Å². The van der Waals surface area contributed by atoms with Crippen LogP contribution in [0.3, 0.4) is 0 Å². The highest BCUT2D eigenvalue weighted by Crippen LogP contribution is 2.28. The van der Waals surface area contributed by atoms with E-state index in [0.717, 1.165) is 16.8 Å². The van der Waals surface area contributed by atoms with Crippen molar-refractivity contribution in [1.29, 1.82) is 0 Å². The smallest absolute Gasteiger partial charge is 0.257 e. The molecule has 0 bridgehead atoms. The summed E-state index contributed by atoms with van der Waals surface area (Å²) >= 11 is 0. The summed E-state index contributed by atoms with van der Waals surface area (Å²) in [7, 11) is 1.62. The van der Waals surface area contributed by atoms with E-state index in [2.05, 4.69) is 5.32 Å². The molecule has 2 heterocycles. The highest BCUT2D eigenvalue weighted by molar-refractivity contribution is 6.00. The van der Waals surface area contributed by atoms with Crippen molar-refractivity contribution in [3.05, 3.63) is 102 Å². The van der Waals surface area contributed by atoms with Crippen LogP contribution in [0.15, 0.2) is 85.1 Å². The van der Waals surface area contributed by atoms with Gasteiger partial charge >= 0.3 is 0 Å². The summed E-state index contributed by atoms with van der Waals surface area (Å²) < 4.78 is 7.17. The molecule has 0 atom stereocenters. The van der Waals surface area contributed by atoms with Gasteiger partial charge in [0.1, 0.15) is 11.4 Å². The molecule has 7 heteroatoms. The minimum Gasteiger partial charge on any atom is -0.497 e. The number of rotatable bonds is 6. The summed E-state index contributed by atoms with van der Waals surface area (Å²) in [5.74, 6) is 0.560. The van der Waals surface area contributed by atoms with E-state index in [1.54, 1.807) is 23.9 Å². The van der Waals surface area contributed by atoms with Crippen molar-refractivity contribution in [2.24, 2.45) is 0 Å². The summed E-state index contributed by atoms with van der Waals surface area (Å²) in [4.78, 5) is 28.2. The molecule has 0 aliphatic carbocycles. The minimum absolute atomic E-state index is 0.0323. The number of hydrogen-bond acceptors (Lipinski definition) is 4. The van der Waals surface area contributed by atoms with Crippen LogP contribution in [0.4, 0.5) is 0 Å². The average molecular weight is 495 g/mol. The number of benzene rings is 3. The third kappa shape index (κ3) is 5.40. The van der Waals surface area contributed by atoms with Gasteiger partial charge in [0.05, 0.1) is 18.4 Å². The molecule has 1 N–H and O–H groups in total. The fourth-order valence-corrected chi connectivity index (χ4v) is 4.60. The number of ether oxygens (including phenoxy) is 1. The van der Waals surface area contributed by atoms with Crippen LogP contribution in [-0.4, -0.2) is 52.7 Å². The number of aryl methyl sites for hydroxylation is 1. The Labute approximate surface area is 216 Å². The van der Waals surface area contributed by atoms with Crippen LogP contribution in [0.25, 0.3) is 16.9 Å². The van der Waals surface area contributed by atoms with E-state index in [1.165, 1.54) is 0 Å². The molecular weight excluding hydrogens is 464 g/mol. The number of amides is 2. The predicted molar refractivity (Wildman–Crippen MR) is 143 cm³/mol. The highest BCUT2D eigenvalue weighted by Gasteiger charge is 2.28. The fraction of sp³-hybridized carbons (Fsp3) is 0.233. The maximum Gasteiger partial charge on any atom is 0.257 e. The lowest BCUT2D eigenvalue weighted by Gasteiger charge is -2.32. The van der Waals surface area contributed by atoms with Crippen molar-refractivity contribution in [1.82, 2.24) is 20.0 Å². The zero-order valence-corrected chi connectivity index (χ0v) is 21.1. The number of carbonyl (C=O) groups is 2. The van der Waals surface area contributed by atoms with Gasteiger partial charge < -0.3 is 15.0 Å². The summed E-state index contributed by atoms with van der Waals surface area (Å²) in [5, 5.41) is 7.92. The number of hydrogen-bond donors (Lipinski definition) is 1. The monoisotopic (exact) mass is 494 g/mol. The van der Waals surface area contributed by atoms with Gasteiger partial charge in [-0.15, -0.1) is 0 Å². The summed E-state index contributed by atoms with van der Waals surface area (Å²) in [6.45, 7) is 3.16. The van der Waals surface area contributed by atoms with Crippen molar-refractivity contribution in [2.75, 3.05) is 20.2 Å². The first kappa shape index (κ1) is 24.3. The zero-order chi connectivity index (χ0) is 25.8. The third-order valence-electron chi connectivity index (χ3n) is 6.74. The lowest BCUT2D eigenvalue weighted by Crippen LogP contribution is -2.46. The Morgan fingerprint density at radius 3 is 2.38 bits per heavy atom. The van der Waals surface area contributed by atoms with Gasteiger partial charge in [-0.2, -0.15) is 5.10 Å². The Balaban J connectivity index is 1.36. The predicted octanol–water partition coefficient (Wildman–Crippen LogP) is 4.89. The van der Waals surface area contributed by atoms with E-state index >= 15 is 0 Å². The van der Waals surface area contributed by atoms with Crippen molar-refractivity contribution < 1.29 is 14.3 Å². The Morgan fingerprint density at radius 2 is 1.68 bits per heavy atom. The lowest BCUT2D eigenvalue weighted by molar-refractivity contribution is 0.0699. The second-order valence-electron chi connectivity index (χ2n) is 9.31. The van der Waals surface area contributed by atoms with E-state index in [9.17, 15) is 9.59 Å². The van der Waals surface area contributed by atoms with Crippen molar-refractivity contribution in [3.8, 4) is 22.7 Å². The van der Waals surface area contributed by atoms with E-state index in [4.69, 9.17) is 9.84 Å². The van der Waals surface area contributed by atoms with Gasteiger partial charge in [-0.05, 0) is 56.2 Å². The fourth-order valence-electron chi connectivity index (χ4n) is 4.60. The summed E-state index contributed by atoms with van der Waals surface area (Å²) in [5.41, 5.74) is 4.66. The molecular formula is C30H30N4O3. The molecule has 37 heavy (non-hydrogen) atoms. The van der Waals surface area contributed by atoms with Gasteiger partial charge in [-0.1, -0.05) is 48.0 Å². The van der Waals surface area contributed by atoms with E-state index < -0.39 is 0 Å². The first-order chi connectivity index (χ1) is 18.0. The van der Waals surface area contributed by atoms with Crippen molar-refractivity contribution in [2.45, 2.75) is 25.8 Å². The molecule has 5 rings (SSSR count). The van der Waals surface area contributed by atoms with Crippen LogP contribution in [0, 0.1) is 6.92 Å². The van der Waals surface area contributed by atoms with Gasteiger partial charge in [0.15, 0.2) is 0 Å². The largest absolute Gasteiger partial charge is 0.497 e. The number of piperidine rings is 1. The zero-order valence-electron chi connectivity index (χ0n) is 21.1. The number of nitrogens with zero attached hydrogens (tertiary/aromatic N) is 3. The molecule has 1 fully saturated rings. The van der Waals surface area contributed by atoms with Crippen molar-refractivity contribution >= 4 is 11.8 Å². The van der Waals surface area contributed by atoms with Crippen LogP contribution in [-0.2, 0) is 0 Å². The Hall–Kier alpha value is -4.39. The second-order valence-corrected chi connectivity index (χ2v) is 9.31. The van der Waals surface area contributed by atoms with Crippen LogP contribution in [0.2, 0.25) is 0 Å². The molecule has 1 saturated heterocycles. The number of carbonyl (C=O) groups excluding carboxylic acids is 2. The minimum atomic E-state index is -0.0786. The SMILES string of the molecule is COc1cccc(-c2nn(-c3ccc(C)cc3)cc2C(=O)N2CCC(NC(=O)c3ccccc3)CC2)c1. The first-order valence-corrected chi connectivity index (χ1v) is 12.5. The summed E-state index contributed by atoms with van der Waals surface area (Å²) in [6.07, 6.45) is 3.21. The molecule has 7 nitrogen and oxygen atoms in total. The maximum absolute atomic E-state index is 13.8. The highest BCUT2D eigenvalue weighted by atomic mass is 16.5. The molecule has 1 aliphatic heterocycles. The van der Waals surface area contributed by atoms with Gasteiger partial charge in [0.25, 0.3) is 11.8 Å². The number of nitrogens with one attached hydrogen (secondary N) is 1. The molecule has 4 aromatic rings. The standard InChI is InChI=1S/C30H30N4O3/c1-21-11-13-25(14-12-21)34-20-27(28(32-34)23-9-6-10-26(19-23)37-2)30(36)33-17-15-24(16-18-33)31-29(35)22-7-4-3-5-8-22/h3-14,19-20,24H,15-18H2,1-2H3,(H,31,35). The third-order valence-corrected chi connectivity index (χ3v) is 6.74. The maximum atomic E-state index is 13.8. The Bertz CT molecular complexity index is 1390. The Kier molecular flexibility index (Phi) is 7.03. The molecule has 1 aromatic heterocycles. The van der Waals surface area contributed by atoms with Gasteiger partial charge in [0.2, 0.25) is 0 Å². The van der Waals surface area contributed by atoms with E-state index in [-0.39, 0.29) is 17.9 Å². The Morgan fingerprint density at radius 1 is 0.946 bits per heavy atom. The number of likely N-dealkylation sites (tertiary alicyclic amines) is 1. The van der Waals surface area contributed by atoms with Gasteiger partial charge in [0, 0.05) is 36.5 Å². The number of methoxy groups -OCH3 is 1. The molecule has 188 valence electrons. The quantitative estimate of drug-likeness (QED) is 0.414. The molecule has 2 amide bonds. The van der Waals surface area contributed by atoms with E-state index in [0.29, 0.717) is 48.5 Å². The van der Waals surface area contributed by atoms with Crippen LogP contribution in [0.5, 0.6) is 5.75 Å².